The zero-order valence-electron chi connectivity index (χ0n) is 8.73. The summed E-state index contributed by atoms with van der Waals surface area (Å²) < 4.78 is 1.71. The minimum Gasteiger partial charge on any atom is -0.240 e. The summed E-state index contributed by atoms with van der Waals surface area (Å²) in [6.07, 6.45) is 1.79. The number of rotatable bonds is 1. The van der Waals surface area contributed by atoms with Crippen LogP contribution in [0.4, 0.5) is 0 Å². The highest BCUT2D eigenvalue weighted by atomic mass is 15.3. The van der Waals surface area contributed by atoms with E-state index in [-0.39, 0.29) is 0 Å². The molecule has 0 aliphatic rings. The highest BCUT2D eigenvalue weighted by molar-refractivity contribution is 5.39. The van der Waals surface area contributed by atoms with Gasteiger partial charge < -0.3 is 0 Å². The molecule has 74 valence electrons. The summed E-state index contributed by atoms with van der Waals surface area (Å²) in [5.74, 6) is 0. The van der Waals surface area contributed by atoms with E-state index in [1.54, 1.807) is 16.9 Å². The molecule has 0 aliphatic carbocycles. The van der Waals surface area contributed by atoms with Crippen molar-refractivity contribution in [3.8, 4) is 11.8 Å². The molecule has 0 N–H and O–H groups in total. The Kier molecular flexibility index (Phi) is 2.26. The predicted molar refractivity (Wildman–Crippen MR) is 57.8 cm³/mol. The van der Waals surface area contributed by atoms with E-state index < -0.39 is 0 Å². The van der Waals surface area contributed by atoms with Crippen LogP contribution >= 0.6 is 0 Å². The molecular weight excluding hydrogens is 186 g/mol. The van der Waals surface area contributed by atoms with Crippen LogP contribution in [0.1, 0.15) is 16.8 Å². The predicted octanol–water partition coefficient (Wildman–Crippen LogP) is 2.36. The fourth-order valence-electron chi connectivity index (χ4n) is 1.40. The molecule has 1 heterocycles. The van der Waals surface area contributed by atoms with E-state index in [0.29, 0.717) is 5.69 Å². The molecular formula is C12H11N3. The third-order valence-corrected chi connectivity index (χ3v) is 2.46. The Hall–Kier alpha value is -2.08. The Morgan fingerprint density at radius 1 is 1.20 bits per heavy atom. The van der Waals surface area contributed by atoms with Crippen LogP contribution in [0.2, 0.25) is 0 Å². The molecule has 0 saturated carbocycles. The van der Waals surface area contributed by atoms with Crippen LogP contribution in [0, 0.1) is 25.2 Å². The summed E-state index contributed by atoms with van der Waals surface area (Å²) in [5, 5.41) is 12.8. The maximum absolute atomic E-state index is 8.67. The summed E-state index contributed by atoms with van der Waals surface area (Å²) >= 11 is 0. The minimum absolute atomic E-state index is 0.438. The van der Waals surface area contributed by atoms with E-state index >= 15 is 0 Å². The van der Waals surface area contributed by atoms with Crippen molar-refractivity contribution in [2.75, 3.05) is 0 Å². The minimum atomic E-state index is 0.438. The smallest absolute Gasteiger partial charge is 0.162 e. The van der Waals surface area contributed by atoms with Gasteiger partial charge in [-0.3, -0.25) is 0 Å². The first-order valence-corrected chi connectivity index (χ1v) is 4.74. The van der Waals surface area contributed by atoms with Crippen molar-refractivity contribution >= 4 is 0 Å². The number of aryl methyl sites for hydroxylation is 2. The average Bonchev–Trinajstić information content (AvgIpc) is 2.70. The van der Waals surface area contributed by atoms with Crippen LogP contribution in [0.15, 0.2) is 30.5 Å². The molecule has 0 fully saturated rings. The third kappa shape index (κ3) is 1.75. The van der Waals surface area contributed by atoms with Crippen molar-refractivity contribution in [2.45, 2.75) is 13.8 Å². The Morgan fingerprint density at radius 2 is 2.00 bits per heavy atom. The molecule has 1 aromatic heterocycles. The maximum atomic E-state index is 8.67. The number of aromatic nitrogens is 2. The molecule has 2 rings (SSSR count). The SMILES string of the molecule is Cc1ccc(-n2ccc(C#N)n2)cc1C. The second-order valence-electron chi connectivity index (χ2n) is 3.53. The molecule has 0 bridgehead atoms. The lowest BCUT2D eigenvalue weighted by molar-refractivity contribution is 0.871. The monoisotopic (exact) mass is 197 g/mol. The van der Waals surface area contributed by atoms with Crippen molar-refractivity contribution < 1.29 is 0 Å². The summed E-state index contributed by atoms with van der Waals surface area (Å²) in [5.41, 5.74) is 3.90. The summed E-state index contributed by atoms with van der Waals surface area (Å²) in [6.45, 7) is 4.14. The Bertz CT molecular complexity index is 532. The van der Waals surface area contributed by atoms with E-state index in [1.807, 2.05) is 12.1 Å². The standard InChI is InChI=1S/C12H11N3/c1-9-3-4-12(7-10(9)2)15-6-5-11(8-13)14-15/h3-7H,1-2H3. The Balaban J connectivity index is 2.46. The summed E-state index contributed by atoms with van der Waals surface area (Å²) in [7, 11) is 0. The van der Waals surface area contributed by atoms with Gasteiger partial charge in [0, 0.05) is 6.20 Å². The molecule has 0 atom stereocenters. The van der Waals surface area contributed by atoms with Gasteiger partial charge in [0.25, 0.3) is 0 Å². The highest BCUT2D eigenvalue weighted by Gasteiger charge is 2.01. The van der Waals surface area contributed by atoms with Gasteiger partial charge in [0.1, 0.15) is 6.07 Å². The molecule has 0 unspecified atom stereocenters. The summed E-state index contributed by atoms with van der Waals surface area (Å²) in [4.78, 5) is 0. The number of benzene rings is 1. The van der Waals surface area contributed by atoms with E-state index in [2.05, 4.69) is 31.1 Å². The fourth-order valence-corrected chi connectivity index (χ4v) is 1.40. The lowest BCUT2D eigenvalue weighted by atomic mass is 10.1. The van der Waals surface area contributed by atoms with Crippen LogP contribution in [0.25, 0.3) is 5.69 Å². The van der Waals surface area contributed by atoms with Gasteiger partial charge in [-0.15, -0.1) is 0 Å². The van der Waals surface area contributed by atoms with E-state index in [1.165, 1.54) is 11.1 Å². The zero-order chi connectivity index (χ0) is 10.8. The first-order valence-electron chi connectivity index (χ1n) is 4.74. The molecule has 2 aromatic rings. The number of hydrogen-bond donors (Lipinski definition) is 0. The largest absolute Gasteiger partial charge is 0.240 e. The highest BCUT2D eigenvalue weighted by Crippen LogP contribution is 2.13. The molecule has 1 aromatic carbocycles. The van der Waals surface area contributed by atoms with Crippen LogP contribution < -0.4 is 0 Å². The lowest BCUT2D eigenvalue weighted by Crippen LogP contribution is -1.96. The molecule has 0 saturated heterocycles. The van der Waals surface area contributed by atoms with Crippen LogP contribution in [-0.4, -0.2) is 9.78 Å². The maximum Gasteiger partial charge on any atom is 0.162 e. The van der Waals surface area contributed by atoms with Crippen LogP contribution in [0.3, 0.4) is 0 Å². The molecule has 3 nitrogen and oxygen atoms in total. The van der Waals surface area contributed by atoms with Gasteiger partial charge in [-0.05, 0) is 43.2 Å². The molecule has 0 amide bonds. The lowest BCUT2D eigenvalue weighted by Gasteiger charge is -2.04. The van der Waals surface area contributed by atoms with Crippen molar-refractivity contribution in [3.05, 3.63) is 47.3 Å². The van der Waals surface area contributed by atoms with Crippen molar-refractivity contribution in [1.29, 1.82) is 5.26 Å². The zero-order valence-corrected chi connectivity index (χ0v) is 8.73. The quantitative estimate of drug-likeness (QED) is 0.704. The van der Waals surface area contributed by atoms with Gasteiger partial charge in [0.05, 0.1) is 5.69 Å². The topological polar surface area (TPSA) is 41.6 Å². The van der Waals surface area contributed by atoms with Gasteiger partial charge in [-0.2, -0.15) is 10.4 Å². The number of hydrogen-bond acceptors (Lipinski definition) is 2. The molecule has 0 aliphatic heterocycles. The second-order valence-corrected chi connectivity index (χ2v) is 3.53. The van der Waals surface area contributed by atoms with Gasteiger partial charge in [-0.1, -0.05) is 6.07 Å². The normalized spacial score (nSPS) is 9.93. The van der Waals surface area contributed by atoms with Gasteiger partial charge >= 0.3 is 0 Å². The molecule has 0 radical (unpaired) electrons. The Labute approximate surface area is 88.6 Å². The first-order chi connectivity index (χ1) is 7.20. The van der Waals surface area contributed by atoms with Gasteiger partial charge in [0.2, 0.25) is 0 Å². The fraction of sp³-hybridized carbons (Fsp3) is 0.167. The number of nitrogens with zero attached hydrogens (tertiary/aromatic N) is 3. The van der Waals surface area contributed by atoms with E-state index in [4.69, 9.17) is 5.26 Å². The molecule has 3 heteroatoms. The van der Waals surface area contributed by atoms with Crippen molar-refractivity contribution in [2.24, 2.45) is 0 Å². The van der Waals surface area contributed by atoms with Gasteiger partial charge in [0.15, 0.2) is 5.69 Å². The van der Waals surface area contributed by atoms with Crippen LogP contribution in [0.5, 0.6) is 0 Å². The van der Waals surface area contributed by atoms with E-state index in [9.17, 15) is 0 Å². The van der Waals surface area contributed by atoms with E-state index in [0.717, 1.165) is 5.69 Å². The molecule has 15 heavy (non-hydrogen) atoms. The first kappa shape index (κ1) is 9.47. The third-order valence-electron chi connectivity index (χ3n) is 2.46. The second kappa shape index (κ2) is 3.58. The number of nitriles is 1. The Morgan fingerprint density at radius 3 is 2.60 bits per heavy atom. The van der Waals surface area contributed by atoms with Gasteiger partial charge in [-0.25, -0.2) is 4.68 Å². The van der Waals surface area contributed by atoms with Crippen molar-refractivity contribution in [1.82, 2.24) is 9.78 Å². The van der Waals surface area contributed by atoms with Crippen molar-refractivity contribution in [3.63, 3.8) is 0 Å². The average molecular weight is 197 g/mol. The molecule has 0 spiro atoms. The summed E-state index contributed by atoms with van der Waals surface area (Å²) in [6, 6.07) is 9.82. The van der Waals surface area contributed by atoms with Crippen LogP contribution in [-0.2, 0) is 0 Å².